The molecular weight excluding hydrogens is 342 g/mol. The second-order valence-corrected chi connectivity index (χ2v) is 6.55. The maximum absolute atomic E-state index is 12.5. The van der Waals surface area contributed by atoms with Crippen LogP contribution in [-0.4, -0.2) is 30.8 Å². The first-order valence-electron chi connectivity index (χ1n) is 8.26. The summed E-state index contributed by atoms with van der Waals surface area (Å²) in [5.41, 5.74) is 1.71. The van der Waals surface area contributed by atoms with Crippen LogP contribution < -0.4 is 19.7 Å². The molecule has 1 amide bonds. The minimum Gasteiger partial charge on any atom is -0.454 e. The van der Waals surface area contributed by atoms with Crippen molar-refractivity contribution in [3.63, 3.8) is 0 Å². The maximum atomic E-state index is 12.5. The van der Waals surface area contributed by atoms with Crippen molar-refractivity contribution < 1.29 is 14.3 Å². The van der Waals surface area contributed by atoms with Crippen LogP contribution in [0.3, 0.4) is 0 Å². The summed E-state index contributed by atoms with van der Waals surface area (Å²) in [5.74, 6) is 1.40. The van der Waals surface area contributed by atoms with Crippen LogP contribution in [0, 0.1) is 5.92 Å². The topological polar surface area (TPSA) is 63.7 Å². The van der Waals surface area contributed by atoms with E-state index in [0.717, 1.165) is 37.3 Å². The number of carbonyl (C=O) groups is 1. The fourth-order valence-corrected chi connectivity index (χ4v) is 3.46. The predicted molar refractivity (Wildman–Crippen MR) is 95.4 cm³/mol. The Morgan fingerprint density at radius 1 is 1.20 bits per heavy atom. The largest absolute Gasteiger partial charge is 0.454 e. The molecule has 0 radical (unpaired) electrons. The van der Waals surface area contributed by atoms with Gasteiger partial charge in [-0.2, -0.15) is 0 Å². The van der Waals surface area contributed by atoms with Crippen LogP contribution in [-0.2, 0) is 4.79 Å². The molecule has 2 aliphatic rings. The first-order chi connectivity index (χ1) is 12.2. The van der Waals surface area contributed by atoms with Gasteiger partial charge in [-0.1, -0.05) is 11.6 Å². The van der Waals surface area contributed by atoms with Crippen LogP contribution in [0.4, 0.5) is 11.4 Å². The molecule has 0 unspecified atom stereocenters. The summed E-state index contributed by atoms with van der Waals surface area (Å²) in [6, 6.07) is 7.35. The standard InChI is InChI=1S/C18H18ClN3O3/c19-14-10-20-6-3-15(14)22-7-4-12(5-8-22)18(23)21-13-1-2-16-17(9-13)25-11-24-16/h1-3,6,9-10,12H,4-5,7-8,11H2,(H,21,23). The number of hydrogen-bond donors (Lipinski definition) is 1. The van der Waals surface area contributed by atoms with Crippen LogP contribution in [0.5, 0.6) is 11.5 Å². The predicted octanol–water partition coefficient (Wildman–Crippen LogP) is 3.32. The summed E-state index contributed by atoms with van der Waals surface area (Å²) in [4.78, 5) is 18.8. The Bertz CT molecular complexity index is 791. The summed E-state index contributed by atoms with van der Waals surface area (Å²) in [7, 11) is 0. The van der Waals surface area contributed by atoms with Crippen LogP contribution in [0.15, 0.2) is 36.7 Å². The van der Waals surface area contributed by atoms with E-state index in [4.69, 9.17) is 21.1 Å². The second-order valence-electron chi connectivity index (χ2n) is 6.15. The highest BCUT2D eigenvalue weighted by Crippen LogP contribution is 2.35. The number of aromatic nitrogens is 1. The number of fused-ring (bicyclic) bond motifs is 1. The minimum absolute atomic E-state index is 0.0118. The molecule has 3 heterocycles. The third-order valence-electron chi connectivity index (χ3n) is 4.60. The Morgan fingerprint density at radius 3 is 2.80 bits per heavy atom. The van der Waals surface area contributed by atoms with E-state index in [1.165, 1.54) is 0 Å². The van der Waals surface area contributed by atoms with Crippen LogP contribution in [0.25, 0.3) is 0 Å². The number of nitrogens with zero attached hydrogens (tertiary/aromatic N) is 2. The molecule has 0 bridgehead atoms. The minimum atomic E-state index is -0.0118. The van der Waals surface area contributed by atoms with Gasteiger partial charge in [0, 0.05) is 43.2 Å². The molecule has 0 spiro atoms. The molecule has 1 N–H and O–H groups in total. The lowest BCUT2D eigenvalue weighted by molar-refractivity contribution is -0.120. The molecule has 0 saturated carbocycles. The Balaban J connectivity index is 1.36. The number of halogens is 1. The number of ether oxygens (including phenoxy) is 2. The molecule has 6 nitrogen and oxygen atoms in total. The number of nitrogens with one attached hydrogen (secondary N) is 1. The molecule has 25 heavy (non-hydrogen) atoms. The number of pyridine rings is 1. The van der Waals surface area contributed by atoms with Gasteiger partial charge in [0.15, 0.2) is 11.5 Å². The average molecular weight is 360 g/mol. The van der Waals surface area contributed by atoms with Gasteiger partial charge in [0.2, 0.25) is 12.7 Å². The lowest BCUT2D eigenvalue weighted by Crippen LogP contribution is -2.38. The Hall–Kier alpha value is -2.47. The number of carbonyl (C=O) groups excluding carboxylic acids is 1. The highest BCUT2D eigenvalue weighted by atomic mass is 35.5. The van der Waals surface area contributed by atoms with E-state index in [9.17, 15) is 4.79 Å². The van der Waals surface area contributed by atoms with Crippen LogP contribution in [0.1, 0.15) is 12.8 Å². The van der Waals surface area contributed by atoms with Gasteiger partial charge < -0.3 is 19.7 Å². The highest BCUT2D eigenvalue weighted by molar-refractivity contribution is 6.33. The fourth-order valence-electron chi connectivity index (χ4n) is 3.23. The molecule has 4 rings (SSSR count). The number of piperidine rings is 1. The van der Waals surface area contributed by atoms with Crippen molar-refractivity contribution >= 4 is 28.9 Å². The monoisotopic (exact) mass is 359 g/mol. The fraction of sp³-hybridized carbons (Fsp3) is 0.333. The highest BCUT2D eigenvalue weighted by Gasteiger charge is 2.26. The molecule has 1 saturated heterocycles. The maximum Gasteiger partial charge on any atom is 0.231 e. The Kier molecular flexibility index (Phi) is 4.36. The normalized spacial score (nSPS) is 16.8. The van der Waals surface area contributed by atoms with Crippen LogP contribution in [0.2, 0.25) is 5.02 Å². The molecule has 130 valence electrons. The van der Waals surface area contributed by atoms with Gasteiger partial charge in [-0.05, 0) is 31.0 Å². The van der Waals surface area contributed by atoms with Gasteiger partial charge in [-0.15, -0.1) is 0 Å². The zero-order chi connectivity index (χ0) is 17.2. The molecule has 0 atom stereocenters. The van der Waals surface area contributed by atoms with E-state index in [2.05, 4.69) is 15.2 Å². The van der Waals surface area contributed by atoms with Crippen molar-refractivity contribution in [3.05, 3.63) is 41.7 Å². The molecule has 2 aliphatic heterocycles. The summed E-state index contributed by atoms with van der Waals surface area (Å²) in [6.07, 6.45) is 4.96. The Labute approximate surface area is 150 Å². The molecule has 7 heteroatoms. The molecule has 1 fully saturated rings. The third-order valence-corrected chi connectivity index (χ3v) is 4.89. The summed E-state index contributed by atoms with van der Waals surface area (Å²) in [5, 5.41) is 3.62. The van der Waals surface area contributed by atoms with E-state index >= 15 is 0 Å². The number of amides is 1. The van der Waals surface area contributed by atoms with E-state index in [-0.39, 0.29) is 18.6 Å². The zero-order valence-corrected chi connectivity index (χ0v) is 14.3. The van der Waals surface area contributed by atoms with Crippen molar-refractivity contribution in [1.29, 1.82) is 0 Å². The van der Waals surface area contributed by atoms with Gasteiger partial charge in [0.1, 0.15) is 0 Å². The summed E-state index contributed by atoms with van der Waals surface area (Å²) >= 11 is 6.20. The molecule has 0 aliphatic carbocycles. The molecule has 1 aromatic heterocycles. The number of rotatable bonds is 3. The first-order valence-corrected chi connectivity index (χ1v) is 8.63. The average Bonchev–Trinajstić information content (AvgIpc) is 3.10. The lowest BCUT2D eigenvalue weighted by Gasteiger charge is -2.33. The van der Waals surface area contributed by atoms with Crippen molar-refractivity contribution in [2.45, 2.75) is 12.8 Å². The second kappa shape index (κ2) is 6.80. The lowest BCUT2D eigenvalue weighted by atomic mass is 9.95. The van der Waals surface area contributed by atoms with E-state index in [1.807, 2.05) is 18.2 Å². The van der Waals surface area contributed by atoms with Gasteiger partial charge in [-0.25, -0.2) is 0 Å². The van der Waals surface area contributed by atoms with E-state index in [0.29, 0.717) is 16.5 Å². The molecule has 2 aromatic rings. The van der Waals surface area contributed by atoms with Crippen molar-refractivity contribution in [1.82, 2.24) is 4.98 Å². The summed E-state index contributed by atoms with van der Waals surface area (Å²) in [6.45, 7) is 1.81. The van der Waals surface area contributed by atoms with Gasteiger partial charge in [0.25, 0.3) is 0 Å². The van der Waals surface area contributed by atoms with Crippen LogP contribution >= 0.6 is 11.6 Å². The Morgan fingerprint density at radius 2 is 2.00 bits per heavy atom. The van der Waals surface area contributed by atoms with Crippen molar-refractivity contribution in [3.8, 4) is 11.5 Å². The quantitative estimate of drug-likeness (QED) is 0.910. The summed E-state index contributed by atoms with van der Waals surface area (Å²) < 4.78 is 10.6. The van der Waals surface area contributed by atoms with Crippen molar-refractivity contribution in [2.24, 2.45) is 5.92 Å². The number of hydrogen-bond acceptors (Lipinski definition) is 5. The van der Waals surface area contributed by atoms with E-state index in [1.54, 1.807) is 18.5 Å². The molecular formula is C18H18ClN3O3. The number of benzene rings is 1. The first kappa shape index (κ1) is 16.0. The van der Waals surface area contributed by atoms with Gasteiger partial charge in [-0.3, -0.25) is 9.78 Å². The SMILES string of the molecule is O=C(Nc1ccc2c(c1)OCO2)C1CCN(c2ccncc2Cl)CC1. The smallest absolute Gasteiger partial charge is 0.231 e. The zero-order valence-electron chi connectivity index (χ0n) is 13.6. The van der Waals surface area contributed by atoms with E-state index < -0.39 is 0 Å². The third kappa shape index (κ3) is 3.35. The number of anilines is 2. The molecule has 1 aromatic carbocycles. The van der Waals surface area contributed by atoms with Crippen molar-refractivity contribution in [2.75, 3.05) is 30.1 Å². The van der Waals surface area contributed by atoms with Gasteiger partial charge >= 0.3 is 0 Å². The van der Waals surface area contributed by atoms with Gasteiger partial charge in [0.05, 0.1) is 10.7 Å².